The molecule has 0 atom stereocenters. The topological polar surface area (TPSA) is 96.0 Å². The van der Waals surface area contributed by atoms with Crippen LogP contribution in [0.3, 0.4) is 0 Å². The largest absolute Gasteiger partial charge is 0.378 e. The maximum absolute atomic E-state index is 12.6. The van der Waals surface area contributed by atoms with Crippen LogP contribution >= 0.6 is 12.6 Å². The first-order valence-corrected chi connectivity index (χ1v) is 10.4. The second-order valence-electron chi connectivity index (χ2n) is 7.17. The molecule has 31 heavy (non-hydrogen) atoms. The summed E-state index contributed by atoms with van der Waals surface area (Å²) >= 11 is 4.14. The Kier molecular flexibility index (Phi) is 5.27. The number of fused-ring (bicyclic) bond motifs is 1. The lowest BCUT2D eigenvalue weighted by Crippen LogP contribution is -2.36. The van der Waals surface area contributed by atoms with Gasteiger partial charge in [0.15, 0.2) is 5.16 Å². The van der Waals surface area contributed by atoms with Crippen molar-refractivity contribution in [1.82, 2.24) is 19.9 Å². The van der Waals surface area contributed by atoms with Gasteiger partial charge >= 0.3 is 0 Å². The highest BCUT2D eigenvalue weighted by Crippen LogP contribution is 2.28. The Hall–Kier alpha value is -3.43. The Labute approximate surface area is 183 Å². The zero-order valence-electron chi connectivity index (χ0n) is 16.6. The molecule has 1 saturated heterocycles. The quantitative estimate of drug-likeness (QED) is 0.336. The van der Waals surface area contributed by atoms with E-state index in [9.17, 15) is 4.79 Å². The number of anilines is 3. The molecule has 1 aliphatic rings. The second-order valence-corrected chi connectivity index (χ2v) is 7.57. The normalized spacial score (nSPS) is 14.0. The molecule has 3 aromatic heterocycles. The van der Waals surface area contributed by atoms with Gasteiger partial charge in [0, 0.05) is 48.6 Å². The van der Waals surface area contributed by atoms with Gasteiger partial charge in [0.05, 0.1) is 24.3 Å². The molecular weight excluding hydrogens is 412 g/mol. The maximum Gasteiger partial charge on any atom is 0.259 e. The molecule has 1 aliphatic heterocycles. The first-order chi connectivity index (χ1) is 15.2. The van der Waals surface area contributed by atoms with Crippen LogP contribution in [0.4, 0.5) is 17.2 Å². The summed E-state index contributed by atoms with van der Waals surface area (Å²) in [4.78, 5) is 30.5. The minimum atomic E-state index is -0.203. The van der Waals surface area contributed by atoms with Crippen molar-refractivity contribution in [2.45, 2.75) is 5.16 Å². The van der Waals surface area contributed by atoms with Crippen molar-refractivity contribution >= 4 is 40.6 Å². The number of aromatic amines is 1. The van der Waals surface area contributed by atoms with Crippen LogP contribution in [-0.4, -0.2) is 46.2 Å². The Morgan fingerprint density at radius 3 is 2.55 bits per heavy atom. The average Bonchev–Trinajstić information content (AvgIpc) is 2.80. The molecule has 0 radical (unpaired) electrons. The zero-order valence-corrected chi connectivity index (χ0v) is 17.5. The van der Waals surface area contributed by atoms with Gasteiger partial charge in [-0.3, -0.25) is 4.79 Å². The van der Waals surface area contributed by atoms with Crippen LogP contribution < -0.4 is 15.8 Å². The van der Waals surface area contributed by atoms with Gasteiger partial charge in [-0.25, -0.2) is 15.0 Å². The smallest absolute Gasteiger partial charge is 0.259 e. The van der Waals surface area contributed by atoms with Crippen LogP contribution in [-0.2, 0) is 4.74 Å². The summed E-state index contributed by atoms with van der Waals surface area (Å²) in [6, 6.07) is 11.8. The minimum absolute atomic E-state index is 0.203. The van der Waals surface area contributed by atoms with E-state index in [4.69, 9.17) is 9.72 Å². The third kappa shape index (κ3) is 4.10. The van der Waals surface area contributed by atoms with Crippen LogP contribution in [0, 0.1) is 0 Å². The van der Waals surface area contributed by atoms with Crippen LogP contribution in [0.15, 0.2) is 64.9 Å². The molecule has 0 bridgehead atoms. The molecule has 0 aliphatic carbocycles. The molecule has 0 saturated carbocycles. The fourth-order valence-corrected chi connectivity index (χ4v) is 3.74. The molecule has 0 unspecified atom stereocenters. The van der Waals surface area contributed by atoms with Gasteiger partial charge in [-0.2, -0.15) is 0 Å². The Morgan fingerprint density at radius 1 is 1.06 bits per heavy atom. The van der Waals surface area contributed by atoms with E-state index in [-0.39, 0.29) is 5.56 Å². The van der Waals surface area contributed by atoms with Gasteiger partial charge in [0.2, 0.25) is 0 Å². The third-order valence-corrected chi connectivity index (χ3v) is 5.43. The van der Waals surface area contributed by atoms with Gasteiger partial charge in [-0.05, 0) is 41.8 Å². The van der Waals surface area contributed by atoms with E-state index in [1.165, 1.54) is 0 Å². The highest BCUT2D eigenvalue weighted by molar-refractivity contribution is 7.80. The first-order valence-electron chi connectivity index (χ1n) is 9.91. The van der Waals surface area contributed by atoms with Crippen molar-refractivity contribution in [2.24, 2.45) is 0 Å². The molecule has 5 rings (SSSR count). The van der Waals surface area contributed by atoms with Gasteiger partial charge in [-0.15, -0.1) is 12.6 Å². The number of ether oxygens (including phenoxy) is 1. The number of nitrogens with one attached hydrogen (secondary N) is 2. The van der Waals surface area contributed by atoms with Gasteiger partial charge in [0.25, 0.3) is 5.56 Å². The number of aromatic nitrogens is 4. The van der Waals surface area contributed by atoms with Crippen molar-refractivity contribution in [3.8, 4) is 11.3 Å². The minimum Gasteiger partial charge on any atom is -0.378 e. The lowest BCUT2D eigenvalue weighted by atomic mass is 10.1. The Balaban J connectivity index is 1.52. The number of H-pyrrole nitrogens is 1. The number of rotatable bonds is 4. The maximum atomic E-state index is 12.6. The fraction of sp³-hybridized carbons (Fsp3) is 0.182. The monoisotopic (exact) mass is 432 g/mol. The fourth-order valence-electron chi connectivity index (χ4n) is 3.62. The number of hydrogen-bond donors (Lipinski definition) is 3. The van der Waals surface area contributed by atoms with Crippen LogP contribution in [0.1, 0.15) is 0 Å². The molecule has 1 aromatic carbocycles. The first kappa shape index (κ1) is 19.5. The Bertz CT molecular complexity index is 1270. The van der Waals surface area contributed by atoms with E-state index in [1.807, 2.05) is 24.3 Å². The molecule has 2 N–H and O–H groups in total. The number of nitrogens with zero attached hydrogens (tertiary/aromatic N) is 4. The SMILES string of the molecule is O=c1[nH]ccc2cc(-c3cnc(S)nc3)nc(Nc3ccc(N4CCOCC4)cc3)c12. The number of thiol groups is 1. The van der Waals surface area contributed by atoms with Gasteiger partial charge in [0.1, 0.15) is 5.82 Å². The predicted octanol–water partition coefficient (Wildman–Crippen LogP) is 3.25. The molecular formula is C22H20N6O2S. The van der Waals surface area contributed by atoms with Crippen molar-refractivity contribution < 1.29 is 4.74 Å². The summed E-state index contributed by atoms with van der Waals surface area (Å²) in [6.45, 7) is 3.24. The summed E-state index contributed by atoms with van der Waals surface area (Å²) in [5, 5.41) is 4.97. The van der Waals surface area contributed by atoms with Crippen LogP contribution in [0.25, 0.3) is 22.0 Å². The molecule has 4 aromatic rings. The summed E-state index contributed by atoms with van der Waals surface area (Å²) in [6.07, 6.45) is 4.96. The molecule has 156 valence electrons. The van der Waals surface area contributed by atoms with E-state index in [0.717, 1.165) is 48.6 Å². The van der Waals surface area contributed by atoms with E-state index in [2.05, 4.69) is 49.9 Å². The summed E-state index contributed by atoms with van der Waals surface area (Å²) in [5.41, 5.74) is 3.19. The van der Waals surface area contributed by atoms with E-state index < -0.39 is 0 Å². The lowest BCUT2D eigenvalue weighted by Gasteiger charge is -2.28. The highest BCUT2D eigenvalue weighted by atomic mass is 32.1. The molecule has 4 heterocycles. The Morgan fingerprint density at radius 2 is 1.81 bits per heavy atom. The molecule has 0 amide bonds. The van der Waals surface area contributed by atoms with Crippen LogP contribution in [0.5, 0.6) is 0 Å². The predicted molar refractivity (Wildman–Crippen MR) is 123 cm³/mol. The van der Waals surface area contributed by atoms with Crippen LogP contribution in [0.2, 0.25) is 0 Å². The number of benzene rings is 1. The van der Waals surface area contributed by atoms with Gasteiger partial charge in [-0.1, -0.05) is 0 Å². The standard InChI is InChI=1S/C22H20N6O2S/c29-21-19-14(5-6-23-21)11-18(15-12-24-22(31)25-13-15)27-20(19)26-16-1-3-17(4-2-16)28-7-9-30-10-8-28/h1-6,11-13H,7-10H2,(H,23,29)(H,26,27)(H,24,25,31). The second kappa shape index (κ2) is 8.37. The number of morpholine rings is 1. The van der Waals surface area contributed by atoms with E-state index in [0.29, 0.717) is 22.1 Å². The van der Waals surface area contributed by atoms with Crippen molar-refractivity contribution in [2.75, 3.05) is 36.5 Å². The van der Waals surface area contributed by atoms with E-state index >= 15 is 0 Å². The summed E-state index contributed by atoms with van der Waals surface area (Å²) in [5.74, 6) is 0.475. The average molecular weight is 433 g/mol. The molecule has 8 nitrogen and oxygen atoms in total. The van der Waals surface area contributed by atoms with Crippen molar-refractivity contribution in [3.05, 3.63) is 65.3 Å². The molecule has 9 heteroatoms. The zero-order chi connectivity index (χ0) is 21.2. The molecule has 0 spiro atoms. The molecule has 1 fully saturated rings. The summed E-state index contributed by atoms with van der Waals surface area (Å²) in [7, 11) is 0. The highest BCUT2D eigenvalue weighted by Gasteiger charge is 2.13. The van der Waals surface area contributed by atoms with Crippen molar-refractivity contribution in [1.29, 1.82) is 0 Å². The third-order valence-electron chi connectivity index (χ3n) is 5.19. The van der Waals surface area contributed by atoms with Crippen molar-refractivity contribution in [3.63, 3.8) is 0 Å². The number of pyridine rings is 2. The number of hydrogen-bond acceptors (Lipinski definition) is 8. The summed E-state index contributed by atoms with van der Waals surface area (Å²) < 4.78 is 5.42. The lowest BCUT2D eigenvalue weighted by molar-refractivity contribution is 0.122. The van der Waals surface area contributed by atoms with Gasteiger partial charge < -0.3 is 19.9 Å². The van der Waals surface area contributed by atoms with E-state index in [1.54, 1.807) is 18.6 Å².